The van der Waals surface area contributed by atoms with Crippen molar-refractivity contribution in [2.45, 2.75) is 12.8 Å². The Morgan fingerprint density at radius 2 is 1.93 bits per heavy atom. The predicted molar refractivity (Wildman–Crippen MR) is 98.4 cm³/mol. The highest BCUT2D eigenvalue weighted by molar-refractivity contribution is 5.80. The van der Waals surface area contributed by atoms with Crippen LogP contribution in [0.4, 0.5) is 24.9 Å². The van der Waals surface area contributed by atoms with Gasteiger partial charge in [-0.15, -0.1) is 0 Å². The first-order chi connectivity index (χ1) is 13.9. The summed E-state index contributed by atoms with van der Waals surface area (Å²) in [5, 5.41) is 21.4. The summed E-state index contributed by atoms with van der Waals surface area (Å²) in [6.07, 6.45) is 1.12. The molecule has 0 unspecified atom stereocenters. The number of benzene rings is 1. The number of H-pyrrole nitrogens is 1. The molecule has 11 heteroatoms. The largest absolute Gasteiger partial charge is 0.411 e. The molecule has 3 heterocycles. The molecule has 0 saturated heterocycles. The van der Waals surface area contributed by atoms with E-state index >= 15 is 8.78 Å². The molecule has 0 aliphatic heterocycles. The highest BCUT2D eigenvalue weighted by Crippen LogP contribution is 2.34. The molecule has 1 aromatic carbocycles. The Morgan fingerprint density at radius 3 is 2.59 bits per heavy atom. The molecule has 0 aliphatic carbocycles. The molecule has 0 aliphatic rings. The van der Waals surface area contributed by atoms with Gasteiger partial charge in [0.25, 0.3) is 0 Å². The standard InChI is InChI=1S/C18H14F3N7O/c1-10-8-14(27-26-10)23-17-25-16(18(20,21)11-2-4-12(19)5-3-11)24-15-7-6-13(9-22-29)28(15)17/h2-9,29H,1H3,(H2,23,24,25,26,27). The molecule has 29 heavy (non-hydrogen) atoms. The van der Waals surface area contributed by atoms with Crippen LogP contribution in [0.15, 0.2) is 47.6 Å². The molecule has 0 atom stereocenters. The molecule has 0 fully saturated rings. The molecule has 0 saturated carbocycles. The Bertz CT molecular complexity index is 1200. The molecule has 4 aromatic rings. The molecule has 0 spiro atoms. The normalized spacial score (nSPS) is 12.1. The minimum Gasteiger partial charge on any atom is -0.411 e. The number of aromatic nitrogens is 5. The SMILES string of the molecule is Cc1cc(Nc2nc(C(F)(F)c3ccc(F)cc3)nc3ccc(C=NO)n23)n[nH]1. The number of aromatic amines is 1. The number of halogens is 3. The van der Waals surface area contributed by atoms with Gasteiger partial charge in [0, 0.05) is 17.3 Å². The molecule has 0 radical (unpaired) electrons. The van der Waals surface area contributed by atoms with Crippen molar-refractivity contribution in [2.75, 3.05) is 5.32 Å². The second-order valence-electron chi connectivity index (χ2n) is 6.21. The van der Waals surface area contributed by atoms with Crippen molar-refractivity contribution >= 4 is 23.6 Å². The topological polar surface area (TPSA) is 103 Å². The first-order valence-electron chi connectivity index (χ1n) is 8.39. The highest BCUT2D eigenvalue weighted by Gasteiger charge is 2.38. The fourth-order valence-electron chi connectivity index (χ4n) is 2.81. The number of hydrogen-bond acceptors (Lipinski definition) is 6. The van der Waals surface area contributed by atoms with E-state index in [1.54, 1.807) is 13.0 Å². The maximum Gasteiger partial charge on any atom is 0.331 e. The summed E-state index contributed by atoms with van der Waals surface area (Å²) >= 11 is 0. The van der Waals surface area contributed by atoms with Crippen molar-refractivity contribution in [3.63, 3.8) is 0 Å². The van der Waals surface area contributed by atoms with Crippen molar-refractivity contribution in [3.8, 4) is 0 Å². The van der Waals surface area contributed by atoms with E-state index in [2.05, 4.69) is 30.6 Å². The van der Waals surface area contributed by atoms with Gasteiger partial charge in [0.1, 0.15) is 11.5 Å². The molecule has 148 valence electrons. The van der Waals surface area contributed by atoms with E-state index in [4.69, 9.17) is 5.21 Å². The summed E-state index contributed by atoms with van der Waals surface area (Å²) in [6.45, 7) is 1.78. The Kier molecular flexibility index (Phi) is 4.41. The van der Waals surface area contributed by atoms with Gasteiger partial charge >= 0.3 is 5.92 Å². The lowest BCUT2D eigenvalue weighted by molar-refractivity contribution is 0.0330. The summed E-state index contributed by atoms with van der Waals surface area (Å²) in [5.74, 6) is -4.66. The Balaban J connectivity index is 1.88. The van der Waals surface area contributed by atoms with Crippen molar-refractivity contribution < 1.29 is 18.4 Å². The smallest absolute Gasteiger partial charge is 0.331 e. The van der Waals surface area contributed by atoms with Gasteiger partial charge < -0.3 is 10.5 Å². The van der Waals surface area contributed by atoms with E-state index in [-0.39, 0.29) is 11.6 Å². The van der Waals surface area contributed by atoms with Gasteiger partial charge in [0.05, 0.1) is 11.9 Å². The van der Waals surface area contributed by atoms with Crippen LogP contribution in [-0.4, -0.2) is 36.0 Å². The summed E-state index contributed by atoms with van der Waals surface area (Å²) in [4.78, 5) is 7.94. The number of aryl methyl sites for hydroxylation is 1. The second-order valence-corrected chi connectivity index (χ2v) is 6.21. The zero-order chi connectivity index (χ0) is 20.6. The van der Waals surface area contributed by atoms with E-state index in [1.165, 1.54) is 16.5 Å². The maximum atomic E-state index is 15.1. The zero-order valence-electron chi connectivity index (χ0n) is 14.9. The van der Waals surface area contributed by atoms with Crippen molar-refractivity contribution in [2.24, 2.45) is 5.16 Å². The summed E-state index contributed by atoms with van der Waals surface area (Å²) in [7, 11) is 0. The Labute approximate surface area is 161 Å². The van der Waals surface area contributed by atoms with Crippen LogP contribution in [0.25, 0.3) is 5.65 Å². The molecule has 0 amide bonds. The average Bonchev–Trinajstić information content (AvgIpc) is 3.28. The third-order valence-electron chi connectivity index (χ3n) is 4.16. The van der Waals surface area contributed by atoms with Gasteiger partial charge in [0.15, 0.2) is 5.82 Å². The van der Waals surface area contributed by atoms with Crippen molar-refractivity contribution in [1.29, 1.82) is 0 Å². The predicted octanol–water partition coefficient (Wildman–Crippen LogP) is 3.59. The van der Waals surface area contributed by atoms with E-state index < -0.39 is 23.1 Å². The lowest BCUT2D eigenvalue weighted by Crippen LogP contribution is -2.21. The quantitative estimate of drug-likeness (QED) is 0.269. The number of nitrogens with zero attached hydrogens (tertiary/aromatic N) is 5. The van der Waals surface area contributed by atoms with Gasteiger partial charge in [-0.1, -0.05) is 5.16 Å². The number of rotatable bonds is 5. The fraction of sp³-hybridized carbons (Fsp3) is 0.111. The number of oxime groups is 1. The number of nitrogens with one attached hydrogen (secondary N) is 2. The van der Waals surface area contributed by atoms with E-state index in [0.717, 1.165) is 36.2 Å². The van der Waals surface area contributed by atoms with Gasteiger partial charge in [-0.2, -0.15) is 18.9 Å². The number of alkyl halides is 2. The molecular weight excluding hydrogens is 387 g/mol. The van der Waals surface area contributed by atoms with Crippen molar-refractivity contribution in [1.82, 2.24) is 24.6 Å². The number of anilines is 2. The Morgan fingerprint density at radius 1 is 1.17 bits per heavy atom. The molecule has 0 bridgehead atoms. The molecule has 8 nitrogen and oxygen atoms in total. The van der Waals surface area contributed by atoms with Gasteiger partial charge in [0.2, 0.25) is 11.8 Å². The van der Waals surface area contributed by atoms with Crippen LogP contribution >= 0.6 is 0 Å². The minimum atomic E-state index is -3.58. The summed E-state index contributed by atoms with van der Waals surface area (Å²) in [5.41, 5.74) is 0.795. The van der Waals surface area contributed by atoms with Crippen LogP contribution in [0.3, 0.4) is 0 Å². The molecule has 3 N–H and O–H groups in total. The molecular formula is C18H14F3N7O. The lowest BCUT2D eigenvalue weighted by atomic mass is 10.1. The number of hydrogen-bond donors (Lipinski definition) is 3. The van der Waals surface area contributed by atoms with Crippen LogP contribution in [-0.2, 0) is 5.92 Å². The molecule has 4 rings (SSSR count). The summed E-state index contributed by atoms with van der Waals surface area (Å²) in [6, 6.07) is 8.52. The van der Waals surface area contributed by atoms with Crippen LogP contribution < -0.4 is 5.32 Å². The van der Waals surface area contributed by atoms with E-state index in [9.17, 15) is 4.39 Å². The maximum absolute atomic E-state index is 15.1. The van der Waals surface area contributed by atoms with Gasteiger partial charge in [-0.25, -0.2) is 9.37 Å². The average molecular weight is 401 g/mol. The van der Waals surface area contributed by atoms with Crippen molar-refractivity contribution in [3.05, 3.63) is 71.1 Å². The third kappa shape index (κ3) is 3.37. The van der Waals surface area contributed by atoms with Crippen LogP contribution in [0.5, 0.6) is 0 Å². The second kappa shape index (κ2) is 6.93. The Hall–Kier alpha value is -3.89. The number of fused-ring (bicyclic) bond motifs is 1. The van der Waals surface area contributed by atoms with Crippen LogP contribution in [0.2, 0.25) is 0 Å². The highest BCUT2D eigenvalue weighted by atomic mass is 19.3. The van der Waals surface area contributed by atoms with E-state index in [1.807, 2.05) is 0 Å². The third-order valence-corrected chi connectivity index (χ3v) is 4.16. The lowest BCUT2D eigenvalue weighted by Gasteiger charge is -2.17. The van der Waals surface area contributed by atoms with Gasteiger partial charge in [-0.05, 0) is 43.3 Å². The van der Waals surface area contributed by atoms with E-state index in [0.29, 0.717) is 11.5 Å². The summed E-state index contributed by atoms with van der Waals surface area (Å²) < 4.78 is 44.6. The van der Waals surface area contributed by atoms with Gasteiger partial charge in [-0.3, -0.25) is 9.50 Å². The minimum absolute atomic E-state index is 0.0156. The van der Waals surface area contributed by atoms with Crippen LogP contribution in [0, 0.1) is 12.7 Å². The van der Waals surface area contributed by atoms with Crippen LogP contribution in [0.1, 0.15) is 22.8 Å². The first-order valence-corrected chi connectivity index (χ1v) is 8.39. The fourth-order valence-corrected chi connectivity index (χ4v) is 2.81. The molecule has 3 aromatic heterocycles. The first kappa shape index (κ1) is 18.5. The zero-order valence-corrected chi connectivity index (χ0v) is 14.9. The monoisotopic (exact) mass is 401 g/mol.